The van der Waals surface area contributed by atoms with Crippen LogP contribution in [-0.4, -0.2) is 58.9 Å². The molecule has 1 aromatic carbocycles. The molecule has 3 heterocycles. The molecule has 150 valence electrons. The summed E-state index contributed by atoms with van der Waals surface area (Å²) in [7, 11) is 0. The van der Waals surface area contributed by atoms with E-state index < -0.39 is 0 Å². The Morgan fingerprint density at radius 2 is 1.72 bits per heavy atom. The van der Waals surface area contributed by atoms with Gasteiger partial charge in [-0.15, -0.1) is 11.3 Å². The predicted molar refractivity (Wildman–Crippen MR) is 116 cm³/mol. The van der Waals surface area contributed by atoms with E-state index in [9.17, 15) is 9.59 Å². The van der Waals surface area contributed by atoms with Gasteiger partial charge in [0.05, 0.1) is 22.9 Å². The Balaban J connectivity index is 1.32. The molecule has 1 fully saturated rings. The van der Waals surface area contributed by atoms with Crippen molar-refractivity contribution in [3.63, 3.8) is 0 Å². The van der Waals surface area contributed by atoms with Gasteiger partial charge >= 0.3 is 0 Å². The zero-order valence-electron chi connectivity index (χ0n) is 15.8. The number of hydrogen-bond donors (Lipinski definition) is 1. The van der Waals surface area contributed by atoms with E-state index in [-0.39, 0.29) is 18.4 Å². The molecule has 2 aromatic heterocycles. The molecule has 3 aromatic rings. The molecule has 4 rings (SSSR count). The highest BCUT2D eigenvalue weighted by Crippen LogP contribution is 2.24. The summed E-state index contributed by atoms with van der Waals surface area (Å²) in [6, 6.07) is 13.0. The lowest BCUT2D eigenvalue weighted by Gasteiger charge is -2.34. The average Bonchev–Trinajstić information content (AvgIpc) is 3.41. The van der Waals surface area contributed by atoms with Crippen LogP contribution in [0.3, 0.4) is 0 Å². The SMILES string of the molecule is O=C(CN1CCN(C(=O)c2sccc2-n2cccc2)CC1)Nc1ccccc1Cl. The van der Waals surface area contributed by atoms with Crippen LogP contribution < -0.4 is 5.32 Å². The fourth-order valence-corrected chi connectivity index (χ4v) is 4.41. The van der Waals surface area contributed by atoms with Gasteiger partial charge in [0.2, 0.25) is 5.91 Å². The van der Waals surface area contributed by atoms with Crippen molar-refractivity contribution in [1.29, 1.82) is 0 Å². The number of nitrogens with zero attached hydrogens (tertiary/aromatic N) is 3. The summed E-state index contributed by atoms with van der Waals surface area (Å²) in [6.07, 6.45) is 3.88. The molecule has 0 bridgehead atoms. The van der Waals surface area contributed by atoms with E-state index in [1.165, 1.54) is 11.3 Å². The normalized spacial score (nSPS) is 14.7. The summed E-state index contributed by atoms with van der Waals surface area (Å²) in [6.45, 7) is 2.79. The smallest absolute Gasteiger partial charge is 0.266 e. The molecule has 0 spiro atoms. The lowest BCUT2D eigenvalue weighted by atomic mass is 10.2. The number of anilines is 1. The van der Waals surface area contributed by atoms with Crippen LogP contribution in [0.15, 0.2) is 60.2 Å². The second-order valence-electron chi connectivity index (χ2n) is 6.82. The van der Waals surface area contributed by atoms with E-state index in [1.54, 1.807) is 12.1 Å². The molecule has 0 radical (unpaired) electrons. The molecule has 1 N–H and O–H groups in total. The second kappa shape index (κ2) is 8.82. The van der Waals surface area contributed by atoms with E-state index in [0.29, 0.717) is 36.9 Å². The summed E-state index contributed by atoms with van der Waals surface area (Å²) >= 11 is 7.55. The molecule has 0 unspecified atom stereocenters. The third-order valence-corrected chi connectivity index (χ3v) is 6.12. The van der Waals surface area contributed by atoms with Gasteiger partial charge in [-0.2, -0.15) is 0 Å². The minimum Gasteiger partial charge on any atom is -0.335 e. The molecule has 8 heteroatoms. The number of hydrogen-bond acceptors (Lipinski definition) is 4. The Morgan fingerprint density at radius 1 is 1.00 bits per heavy atom. The number of rotatable bonds is 5. The van der Waals surface area contributed by atoms with E-state index >= 15 is 0 Å². The molecule has 6 nitrogen and oxygen atoms in total. The number of carbonyl (C=O) groups excluding carboxylic acids is 2. The fourth-order valence-electron chi connectivity index (χ4n) is 3.37. The van der Waals surface area contributed by atoms with Gasteiger partial charge in [0.25, 0.3) is 5.91 Å². The first-order valence-electron chi connectivity index (χ1n) is 9.38. The van der Waals surface area contributed by atoms with Crippen LogP contribution in [0.4, 0.5) is 5.69 Å². The highest BCUT2D eigenvalue weighted by Gasteiger charge is 2.26. The number of benzene rings is 1. The Bertz CT molecular complexity index is 994. The molecular formula is C21H21ClN4O2S. The van der Waals surface area contributed by atoms with Crippen LogP contribution in [0.1, 0.15) is 9.67 Å². The van der Waals surface area contributed by atoms with Crippen LogP contribution >= 0.6 is 22.9 Å². The second-order valence-corrected chi connectivity index (χ2v) is 8.14. The third-order valence-electron chi connectivity index (χ3n) is 4.90. The zero-order chi connectivity index (χ0) is 20.2. The van der Waals surface area contributed by atoms with E-state index in [1.807, 2.05) is 57.6 Å². The zero-order valence-corrected chi connectivity index (χ0v) is 17.3. The summed E-state index contributed by atoms with van der Waals surface area (Å²) in [5, 5.41) is 5.30. The largest absolute Gasteiger partial charge is 0.335 e. The van der Waals surface area contributed by atoms with E-state index in [2.05, 4.69) is 10.2 Å². The third kappa shape index (κ3) is 4.53. The highest BCUT2D eigenvalue weighted by molar-refractivity contribution is 7.12. The summed E-state index contributed by atoms with van der Waals surface area (Å²) < 4.78 is 1.96. The summed E-state index contributed by atoms with van der Waals surface area (Å²) in [5.41, 5.74) is 1.52. The van der Waals surface area contributed by atoms with Crippen molar-refractivity contribution in [2.75, 3.05) is 38.0 Å². The van der Waals surface area contributed by atoms with Crippen LogP contribution in [-0.2, 0) is 4.79 Å². The standard InChI is InChI=1S/C21H21ClN4O2S/c22-16-5-1-2-6-17(16)23-19(27)15-24-10-12-26(13-11-24)21(28)20-18(7-14-29-20)25-8-3-4-9-25/h1-9,14H,10-13,15H2,(H,23,27). The van der Waals surface area contributed by atoms with Crippen molar-refractivity contribution >= 4 is 40.4 Å². The molecule has 1 aliphatic rings. The predicted octanol–water partition coefficient (Wildman–Crippen LogP) is 3.59. The monoisotopic (exact) mass is 428 g/mol. The van der Waals surface area contributed by atoms with E-state index in [0.717, 1.165) is 10.6 Å². The maximum absolute atomic E-state index is 13.0. The summed E-state index contributed by atoms with van der Waals surface area (Å²) in [5.74, 6) is -0.0603. The number of piperazine rings is 1. The number of nitrogens with one attached hydrogen (secondary N) is 1. The molecule has 1 aliphatic heterocycles. The minimum absolute atomic E-state index is 0.0452. The Kier molecular flexibility index (Phi) is 5.99. The quantitative estimate of drug-likeness (QED) is 0.675. The minimum atomic E-state index is -0.106. The van der Waals surface area contributed by atoms with Gasteiger partial charge < -0.3 is 14.8 Å². The molecule has 1 saturated heterocycles. The fraction of sp³-hybridized carbons (Fsp3) is 0.238. The lowest BCUT2D eigenvalue weighted by molar-refractivity contribution is -0.117. The first-order valence-corrected chi connectivity index (χ1v) is 10.6. The first kappa shape index (κ1) is 19.7. The maximum atomic E-state index is 13.0. The number of amides is 2. The van der Waals surface area contributed by atoms with Crippen molar-refractivity contribution in [2.45, 2.75) is 0 Å². The van der Waals surface area contributed by atoms with Crippen molar-refractivity contribution in [3.05, 3.63) is 70.1 Å². The van der Waals surface area contributed by atoms with Crippen molar-refractivity contribution in [1.82, 2.24) is 14.4 Å². The summed E-state index contributed by atoms with van der Waals surface area (Å²) in [4.78, 5) is 30.0. The number of thiophene rings is 1. The van der Waals surface area contributed by atoms with Gasteiger partial charge in [-0.25, -0.2) is 0 Å². The van der Waals surface area contributed by atoms with Crippen LogP contribution in [0.2, 0.25) is 5.02 Å². The number of halogens is 1. The average molecular weight is 429 g/mol. The Labute approximate surface area is 178 Å². The van der Waals surface area contributed by atoms with Gasteiger partial charge in [0.1, 0.15) is 4.88 Å². The maximum Gasteiger partial charge on any atom is 0.266 e. The van der Waals surface area contributed by atoms with Crippen LogP contribution in [0, 0.1) is 0 Å². The van der Waals surface area contributed by atoms with Crippen molar-refractivity contribution in [3.8, 4) is 5.69 Å². The molecule has 2 amide bonds. The van der Waals surface area contributed by atoms with Gasteiger partial charge in [-0.1, -0.05) is 23.7 Å². The van der Waals surface area contributed by atoms with Gasteiger partial charge in [0.15, 0.2) is 0 Å². The van der Waals surface area contributed by atoms with Crippen LogP contribution in [0.25, 0.3) is 5.69 Å². The number of aromatic nitrogens is 1. The van der Waals surface area contributed by atoms with E-state index in [4.69, 9.17) is 11.6 Å². The highest BCUT2D eigenvalue weighted by atomic mass is 35.5. The Hall–Kier alpha value is -2.61. The molecule has 0 aliphatic carbocycles. The molecule has 29 heavy (non-hydrogen) atoms. The van der Waals surface area contributed by atoms with Gasteiger partial charge in [-0.3, -0.25) is 14.5 Å². The van der Waals surface area contributed by atoms with Crippen molar-refractivity contribution < 1.29 is 9.59 Å². The molecule has 0 saturated carbocycles. The van der Waals surface area contributed by atoms with Gasteiger partial charge in [-0.05, 0) is 35.7 Å². The Morgan fingerprint density at radius 3 is 2.45 bits per heavy atom. The number of carbonyl (C=O) groups is 2. The molecule has 0 atom stereocenters. The topological polar surface area (TPSA) is 57.6 Å². The van der Waals surface area contributed by atoms with Crippen molar-refractivity contribution in [2.24, 2.45) is 0 Å². The molecular weight excluding hydrogens is 408 g/mol. The van der Waals surface area contributed by atoms with Gasteiger partial charge in [0, 0.05) is 38.6 Å². The number of para-hydroxylation sites is 1. The van der Waals surface area contributed by atoms with Crippen LogP contribution in [0.5, 0.6) is 0 Å². The lowest BCUT2D eigenvalue weighted by Crippen LogP contribution is -2.50. The first-order chi connectivity index (χ1) is 14.1.